The Morgan fingerprint density at radius 3 is 2.38 bits per heavy atom. The molecule has 7 heteroatoms. The van der Waals surface area contributed by atoms with Crippen molar-refractivity contribution in [1.82, 2.24) is 19.9 Å². The average molecular weight is 354 g/mol. The van der Waals surface area contributed by atoms with Crippen LogP contribution < -0.4 is 0 Å². The van der Waals surface area contributed by atoms with Crippen molar-refractivity contribution in [3.8, 4) is 11.3 Å². The summed E-state index contributed by atoms with van der Waals surface area (Å²) < 4.78 is 0. The highest BCUT2D eigenvalue weighted by Crippen LogP contribution is 2.18. The third kappa shape index (κ3) is 6.12. The number of benzene rings is 1. The van der Waals surface area contributed by atoms with Crippen LogP contribution in [0.1, 0.15) is 11.4 Å². The number of hydrogen-bond acceptors (Lipinski definition) is 5. The molecule has 0 aliphatic heterocycles. The topological polar surface area (TPSA) is 102 Å². The zero-order chi connectivity index (χ0) is 18.6. The van der Waals surface area contributed by atoms with Crippen molar-refractivity contribution in [1.29, 1.82) is 0 Å². The summed E-state index contributed by atoms with van der Waals surface area (Å²) in [5, 5.41) is 16.1. The highest BCUT2D eigenvalue weighted by Gasteiger charge is 2.08. The van der Waals surface area contributed by atoms with Gasteiger partial charge in [-0.3, -0.25) is 14.7 Å². The molecule has 0 saturated heterocycles. The lowest BCUT2D eigenvalue weighted by Crippen LogP contribution is -2.26. The van der Waals surface area contributed by atoms with Crippen LogP contribution in [0.25, 0.3) is 11.3 Å². The van der Waals surface area contributed by atoms with Crippen LogP contribution in [-0.4, -0.2) is 49.7 Å². The van der Waals surface area contributed by atoms with Gasteiger partial charge in [0.15, 0.2) is 0 Å². The summed E-state index contributed by atoms with van der Waals surface area (Å²) in [5.74, 6) is 0.906. The molecule has 3 N–H and O–H groups in total. The van der Waals surface area contributed by atoms with Crippen molar-refractivity contribution in [2.45, 2.75) is 13.1 Å². The van der Waals surface area contributed by atoms with Crippen LogP contribution in [0.5, 0.6) is 0 Å². The molecule has 0 radical (unpaired) electrons. The SMILES string of the molecule is O=CO.OCCN(Cc1ccc(-c2ccccn2)cc1)Cc1ncc[nH]1. The minimum Gasteiger partial charge on any atom is -0.483 e. The molecule has 0 amide bonds. The summed E-state index contributed by atoms with van der Waals surface area (Å²) in [6.45, 7) is 1.95. The van der Waals surface area contributed by atoms with E-state index in [9.17, 15) is 5.11 Å². The molecule has 7 nitrogen and oxygen atoms in total. The number of aliphatic hydroxyl groups excluding tert-OH is 1. The first-order valence-corrected chi connectivity index (χ1v) is 8.16. The number of nitrogens with zero attached hydrogens (tertiary/aromatic N) is 3. The molecule has 0 unspecified atom stereocenters. The van der Waals surface area contributed by atoms with E-state index in [1.54, 1.807) is 12.4 Å². The van der Waals surface area contributed by atoms with Gasteiger partial charge in [0.25, 0.3) is 6.47 Å². The number of hydrogen-bond donors (Lipinski definition) is 3. The molecule has 0 atom stereocenters. The Kier molecular flexibility index (Phi) is 7.98. The summed E-state index contributed by atoms with van der Waals surface area (Å²) in [7, 11) is 0. The van der Waals surface area contributed by atoms with Gasteiger partial charge in [0.05, 0.1) is 18.8 Å². The monoisotopic (exact) mass is 354 g/mol. The third-order valence-corrected chi connectivity index (χ3v) is 3.67. The molecule has 0 fully saturated rings. The van der Waals surface area contributed by atoms with Gasteiger partial charge >= 0.3 is 0 Å². The first-order valence-electron chi connectivity index (χ1n) is 8.16. The number of H-pyrrole nitrogens is 1. The van der Waals surface area contributed by atoms with E-state index in [0.29, 0.717) is 13.1 Å². The van der Waals surface area contributed by atoms with E-state index < -0.39 is 0 Å². The maximum absolute atomic E-state index is 9.26. The lowest BCUT2D eigenvalue weighted by Gasteiger charge is -2.20. The third-order valence-electron chi connectivity index (χ3n) is 3.67. The molecule has 0 saturated carbocycles. The Morgan fingerprint density at radius 2 is 1.81 bits per heavy atom. The first kappa shape index (κ1) is 19.3. The number of nitrogens with one attached hydrogen (secondary N) is 1. The van der Waals surface area contributed by atoms with Crippen molar-refractivity contribution in [2.24, 2.45) is 0 Å². The van der Waals surface area contributed by atoms with Crippen LogP contribution in [0.2, 0.25) is 0 Å². The second-order valence-corrected chi connectivity index (χ2v) is 5.49. The quantitative estimate of drug-likeness (QED) is 0.562. The maximum Gasteiger partial charge on any atom is 0.290 e. The normalized spacial score (nSPS) is 10.2. The van der Waals surface area contributed by atoms with E-state index in [0.717, 1.165) is 23.6 Å². The van der Waals surface area contributed by atoms with Crippen molar-refractivity contribution >= 4 is 6.47 Å². The fourth-order valence-electron chi connectivity index (χ4n) is 2.52. The molecule has 0 aliphatic rings. The molecule has 3 rings (SSSR count). The van der Waals surface area contributed by atoms with Crippen molar-refractivity contribution in [2.75, 3.05) is 13.2 Å². The summed E-state index contributed by atoms with van der Waals surface area (Å²) >= 11 is 0. The van der Waals surface area contributed by atoms with Gasteiger partial charge in [0.1, 0.15) is 5.82 Å². The molecule has 1 aromatic carbocycles. The Balaban J connectivity index is 0.000000758. The number of carbonyl (C=O) groups is 1. The fourth-order valence-corrected chi connectivity index (χ4v) is 2.52. The lowest BCUT2D eigenvalue weighted by atomic mass is 10.1. The summed E-state index contributed by atoms with van der Waals surface area (Å²) in [6.07, 6.45) is 5.36. The van der Waals surface area contributed by atoms with Crippen molar-refractivity contribution < 1.29 is 15.0 Å². The average Bonchev–Trinajstić information content (AvgIpc) is 3.17. The number of imidazole rings is 1. The summed E-state index contributed by atoms with van der Waals surface area (Å²) in [4.78, 5) is 22.2. The number of rotatable bonds is 7. The molecular formula is C19H22N4O3. The highest BCUT2D eigenvalue weighted by molar-refractivity contribution is 5.58. The first-order chi connectivity index (χ1) is 12.8. The molecular weight excluding hydrogens is 332 g/mol. The predicted octanol–water partition coefficient (Wildman–Crippen LogP) is 2.17. The van der Waals surface area contributed by atoms with Crippen LogP contribution >= 0.6 is 0 Å². The molecule has 136 valence electrons. The summed E-state index contributed by atoms with van der Waals surface area (Å²) in [5.41, 5.74) is 3.28. The zero-order valence-corrected chi connectivity index (χ0v) is 14.3. The van der Waals surface area contributed by atoms with Crippen LogP contribution in [-0.2, 0) is 17.9 Å². The van der Waals surface area contributed by atoms with Crippen molar-refractivity contribution in [3.05, 3.63) is 72.4 Å². The second-order valence-electron chi connectivity index (χ2n) is 5.49. The van der Waals surface area contributed by atoms with Crippen LogP contribution in [0, 0.1) is 0 Å². The Hall–Kier alpha value is -3.03. The molecule has 2 aromatic heterocycles. The largest absolute Gasteiger partial charge is 0.483 e. The Morgan fingerprint density at radius 1 is 1.04 bits per heavy atom. The van der Waals surface area contributed by atoms with Gasteiger partial charge in [-0.05, 0) is 17.7 Å². The van der Waals surface area contributed by atoms with E-state index in [1.807, 2.05) is 24.4 Å². The molecule has 0 aliphatic carbocycles. The van der Waals surface area contributed by atoms with E-state index in [-0.39, 0.29) is 13.1 Å². The molecule has 0 spiro atoms. The summed E-state index contributed by atoms with van der Waals surface area (Å²) in [6, 6.07) is 14.3. The number of carboxylic acid groups (broad SMARTS) is 1. The van der Waals surface area contributed by atoms with Gasteiger partial charge in [-0.15, -0.1) is 0 Å². The van der Waals surface area contributed by atoms with Crippen LogP contribution in [0.15, 0.2) is 61.1 Å². The Bertz CT molecular complexity index is 746. The van der Waals surface area contributed by atoms with Crippen molar-refractivity contribution in [3.63, 3.8) is 0 Å². The minimum atomic E-state index is -0.250. The zero-order valence-electron chi connectivity index (χ0n) is 14.3. The van der Waals surface area contributed by atoms with E-state index in [4.69, 9.17) is 9.90 Å². The molecule has 0 bridgehead atoms. The van der Waals surface area contributed by atoms with Crippen LogP contribution in [0.3, 0.4) is 0 Å². The van der Waals surface area contributed by atoms with Gasteiger partial charge in [0, 0.05) is 37.2 Å². The standard InChI is InChI=1S/C18H20N4O.CH2O2/c23-12-11-22(14-18-20-9-10-21-18)13-15-4-6-16(7-5-15)17-3-1-2-8-19-17;2-1-3/h1-10,23H,11-14H2,(H,20,21);1H,(H,2,3). The van der Waals surface area contributed by atoms with Gasteiger partial charge in [-0.2, -0.15) is 0 Å². The fraction of sp³-hybridized carbons (Fsp3) is 0.211. The lowest BCUT2D eigenvalue weighted by molar-refractivity contribution is -0.122. The number of aromatic amines is 1. The molecule has 3 aromatic rings. The van der Waals surface area contributed by atoms with E-state index in [1.165, 1.54) is 5.56 Å². The van der Waals surface area contributed by atoms with Gasteiger partial charge in [-0.1, -0.05) is 30.3 Å². The maximum atomic E-state index is 9.26. The smallest absolute Gasteiger partial charge is 0.290 e. The van der Waals surface area contributed by atoms with E-state index in [2.05, 4.69) is 44.1 Å². The van der Waals surface area contributed by atoms with Crippen LogP contribution in [0.4, 0.5) is 0 Å². The highest BCUT2D eigenvalue weighted by atomic mass is 16.3. The predicted molar refractivity (Wildman–Crippen MR) is 98.2 cm³/mol. The van der Waals surface area contributed by atoms with Gasteiger partial charge in [-0.25, -0.2) is 4.98 Å². The van der Waals surface area contributed by atoms with E-state index >= 15 is 0 Å². The number of pyridine rings is 1. The number of aromatic nitrogens is 3. The van der Waals surface area contributed by atoms with Gasteiger partial charge in [0.2, 0.25) is 0 Å². The number of aliphatic hydroxyl groups is 1. The second kappa shape index (κ2) is 10.8. The Labute approximate surface area is 152 Å². The van der Waals surface area contributed by atoms with Gasteiger partial charge < -0.3 is 15.2 Å². The molecule has 2 heterocycles. The minimum absolute atomic E-state index is 0.132. The molecule has 26 heavy (non-hydrogen) atoms.